The number of hydrogen-bond acceptors (Lipinski definition) is 5. The van der Waals surface area contributed by atoms with Gasteiger partial charge in [-0.25, -0.2) is 18.1 Å². The van der Waals surface area contributed by atoms with Crippen molar-refractivity contribution in [3.63, 3.8) is 0 Å². The van der Waals surface area contributed by atoms with Crippen LogP contribution in [0.1, 0.15) is 5.82 Å². The Hall–Kier alpha value is -1.01. The molecule has 0 aliphatic carbocycles. The molecule has 1 aliphatic heterocycles. The van der Waals surface area contributed by atoms with Crippen LogP contribution in [0.5, 0.6) is 0 Å². The van der Waals surface area contributed by atoms with Gasteiger partial charge in [-0.1, -0.05) is 0 Å². The molecule has 21 heavy (non-hydrogen) atoms. The van der Waals surface area contributed by atoms with Crippen molar-refractivity contribution in [3.05, 3.63) is 12.0 Å². The second-order valence-corrected chi connectivity index (χ2v) is 8.51. The van der Waals surface area contributed by atoms with E-state index in [9.17, 15) is 16.8 Å². The lowest BCUT2D eigenvalue weighted by molar-refractivity contribution is 0.270. The molecule has 120 valence electrons. The van der Waals surface area contributed by atoms with Gasteiger partial charge < -0.3 is 4.57 Å². The van der Waals surface area contributed by atoms with Crippen LogP contribution in [0.3, 0.4) is 0 Å². The summed E-state index contributed by atoms with van der Waals surface area (Å²) in [5.74, 6) is 0.602. The molecular formula is C10H19N5O4S2. The van der Waals surface area contributed by atoms with Crippen LogP contribution in [0.25, 0.3) is 0 Å². The molecule has 2 rings (SSSR count). The van der Waals surface area contributed by atoms with E-state index in [0.29, 0.717) is 5.82 Å². The summed E-state index contributed by atoms with van der Waals surface area (Å²) in [6.45, 7) is 2.18. The van der Waals surface area contributed by atoms with E-state index in [0.717, 1.165) is 0 Å². The van der Waals surface area contributed by atoms with Crippen molar-refractivity contribution < 1.29 is 16.8 Å². The first-order valence-corrected chi connectivity index (χ1v) is 9.25. The van der Waals surface area contributed by atoms with Crippen molar-refractivity contribution in [1.82, 2.24) is 22.9 Å². The van der Waals surface area contributed by atoms with E-state index in [1.807, 2.05) is 0 Å². The first-order chi connectivity index (χ1) is 9.68. The average Bonchev–Trinajstić information content (AvgIpc) is 2.79. The van der Waals surface area contributed by atoms with Crippen molar-refractivity contribution in [1.29, 1.82) is 0 Å². The Morgan fingerprint density at radius 1 is 1.10 bits per heavy atom. The zero-order chi connectivity index (χ0) is 15.8. The fraction of sp³-hybridized carbons (Fsp3) is 0.700. The van der Waals surface area contributed by atoms with Crippen LogP contribution >= 0.6 is 0 Å². The third kappa shape index (κ3) is 3.11. The molecule has 9 nitrogen and oxygen atoms in total. The van der Waals surface area contributed by atoms with Gasteiger partial charge in [-0.3, -0.25) is 0 Å². The largest absolute Gasteiger partial charge is 0.337 e. The van der Waals surface area contributed by atoms with Gasteiger partial charge in [-0.15, -0.1) is 0 Å². The summed E-state index contributed by atoms with van der Waals surface area (Å²) in [4.78, 5) is 4.03. The van der Waals surface area contributed by atoms with Crippen LogP contribution in [0.4, 0.5) is 0 Å². The lowest BCUT2D eigenvalue weighted by Gasteiger charge is -2.32. The Morgan fingerprint density at radius 3 is 2.05 bits per heavy atom. The fourth-order valence-corrected chi connectivity index (χ4v) is 4.41. The molecule has 1 N–H and O–H groups in total. The van der Waals surface area contributed by atoms with Gasteiger partial charge in [0.2, 0.25) is 0 Å². The van der Waals surface area contributed by atoms with E-state index in [1.165, 1.54) is 21.9 Å². The highest BCUT2D eigenvalue weighted by Crippen LogP contribution is 2.17. The first-order valence-electron chi connectivity index (χ1n) is 6.37. The molecule has 0 spiro atoms. The fourth-order valence-electron chi connectivity index (χ4n) is 2.06. The van der Waals surface area contributed by atoms with Gasteiger partial charge in [-0.2, -0.15) is 17.0 Å². The molecule has 1 fully saturated rings. The number of sulfonamides is 1. The molecule has 1 aromatic heterocycles. The van der Waals surface area contributed by atoms with Crippen molar-refractivity contribution >= 4 is 20.2 Å². The van der Waals surface area contributed by atoms with Crippen LogP contribution in [-0.4, -0.2) is 68.2 Å². The molecule has 0 unspecified atom stereocenters. The smallest absolute Gasteiger partial charge is 0.279 e. The standard InChI is InChI=1S/C10H19N5O4S2/c1-9-12-10(8-13(9)3)20(16,17)14-4-6-15(7-5-14)21(18,19)11-2/h8,11H,4-7H2,1-3H3. The highest BCUT2D eigenvalue weighted by Gasteiger charge is 2.33. The third-order valence-corrected chi connectivity index (χ3v) is 6.82. The monoisotopic (exact) mass is 337 g/mol. The lowest BCUT2D eigenvalue weighted by atomic mass is 10.4. The van der Waals surface area contributed by atoms with Crippen molar-refractivity contribution in [2.24, 2.45) is 7.05 Å². The molecule has 0 atom stereocenters. The number of nitrogens with zero attached hydrogens (tertiary/aromatic N) is 4. The number of rotatable bonds is 4. The van der Waals surface area contributed by atoms with Crippen molar-refractivity contribution in [2.45, 2.75) is 11.9 Å². The Kier molecular flexibility index (Phi) is 4.40. The number of aromatic nitrogens is 2. The topological polar surface area (TPSA) is 105 Å². The van der Waals surface area contributed by atoms with E-state index in [2.05, 4.69) is 9.71 Å². The predicted molar refractivity (Wildman–Crippen MR) is 76.3 cm³/mol. The Labute approximate surface area is 124 Å². The summed E-state index contributed by atoms with van der Waals surface area (Å²) >= 11 is 0. The highest BCUT2D eigenvalue weighted by atomic mass is 32.2. The number of hydrogen-bond donors (Lipinski definition) is 1. The van der Waals surface area contributed by atoms with Crippen LogP contribution in [0, 0.1) is 6.92 Å². The molecule has 0 aromatic carbocycles. The quantitative estimate of drug-likeness (QED) is 0.720. The van der Waals surface area contributed by atoms with Crippen molar-refractivity contribution in [3.8, 4) is 0 Å². The van der Waals surface area contributed by atoms with Gasteiger partial charge in [0.1, 0.15) is 5.82 Å². The van der Waals surface area contributed by atoms with Crippen LogP contribution in [-0.2, 0) is 27.3 Å². The minimum Gasteiger partial charge on any atom is -0.337 e. The Bertz CT molecular complexity index is 697. The number of aryl methyl sites for hydroxylation is 2. The maximum atomic E-state index is 12.4. The molecule has 1 aliphatic rings. The van der Waals surface area contributed by atoms with E-state index in [1.54, 1.807) is 18.5 Å². The molecule has 11 heteroatoms. The van der Waals surface area contributed by atoms with Crippen LogP contribution in [0.15, 0.2) is 11.2 Å². The maximum Gasteiger partial charge on any atom is 0.279 e. The van der Waals surface area contributed by atoms with E-state index in [4.69, 9.17) is 0 Å². The SMILES string of the molecule is CNS(=O)(=O)N1CCN(S(=O)(=O)c2cn(C)c(C)n2)CC1. The number of nitrogens with one attached hydrogen (secondary N) is 1. The van der Waals surface area contributed by atoms with E-state index in [-0.39, 0.29) is 31.2 Å². The molecule has 2 heterocycles. The van der Waals surface area contributed by atoms with Crippen LogP contribution < -0.4 is 4.72 Å². The summed E-state index contributed by atoms with van der Waals surface area (Å²) in [6.07, 6.45) is 1.46. The zero-order valence-electron chi connectivity index (χ0n) is 12.1. The van der Waals surface area contributed by atoms with Gasteiger partial charge in [-0.05, 0) is 6.92 Å². The zero-order valence-corrected chi connectivity index (χ0v) is 13.8. The van der Waals surface area contributed by atoms with Gasteiger partial charge >= 0.3 is 0 Å². The highest BCUT2D eigenvalue weighted by molar-refractivity contribution is 7.89. The molecule has 0 radical (unpaired) electrons. The average molecular weight is 337 g/mol. The molecular weight excluding hydrogens is 318 g/mol. The molecule has 0 bridgehead atoms. The molecule has 1 aromatic rings. The van der Waals surface area contributed by atoms with Gasteiger partial charge in [0.05, 0.1) is 0 Å². The minimum atomic E-state index is -3.68. The molecule has 1 saturated heterocycles. The first kappa shape index (κ1) is 16.4. The Morgan fingerprint density at radius 2 is 1.62 bits per heavy atom. The summed E-state index contributed by atoms with van der Waals surface area (Å²) in [7, 11) is -4.15. The predicted octanol–water partition coefficient (Wildman–Crippen LogP) is -1.50. The minimum absolute atomic E-state index is 0.00702. The Balaban J connectivity index is 2.15. The summed E-state index contributed by atoms with van der Waals surface area (Å²) in [6, 6.07) is 0. The lowest BCUT2D eigenvalue weighted by Crippen LogP contribution is -2.52. The van der Waals surface area contributed by atoms with Gasteiger partial charge in [0, 0.05) is 46.5 Å². The molecule has 0 amide bonds. The van der Waals surface area contributed by atoms with E-state index >= 15 is 0 Å². The summed E-state index contributed by atoms with van der Waals surface area (Å²) in [5, 5.41) is -0.00702. The number of imidazole rings is 1. The summed E-state index contributed by atoms with van der Waals surface area (Å²) < 4.78 is 54.6. The third-order valence-electron chi connectivity index (χ3n) is 3.49. The van der Waals surface area contributed by atoms with Gasteiger partial charge in [0.15, 0.2) is 5.03 Å². The van der Waals surface area contributed by atoms with Crippen molar-refractivity contribution in [2.75, 3.05) is 33.2 Å². The van der Waals surface area contributed by atoms with E-state index < -0.39 is 20.2 Å². The van der Waals surface area contributed by atoms with Gasteiger partial charge in [0.25, 0.3) is 20.2 Å². The maximum absolute atomic E-state index is 12.4. The van der Waals surface area contributed by atoms with Crippen LogP contribution in [0.2, 0.25) is 0 Å². The second kappa shape index (κ2) is 5.65. The number of piperazine rings is 1. The normalized spacial score (nSPS) is 19.0. The summed E-state index contributed by atoms with van der Waals surface area (Å²) in [5.41, 5.74) is 0. The molecule has 0 saturated carbocycles. The second-order valence-electron chi connectivity index (χ2n) is 4.75.